The van der Waals surface area contributed by atoms with Crippen molar-refractivity contribution in [2.75, 3.05) is 13.2 Å². The normalized spacial score (nSPS) is 17.5. The minimum atomic E-state index is -0.424. The van der Waals surface area contributed by atoms with Crippen molar-refractivity contribution in [3.8, 4) is 0 Å². The maximum absolute atomic E-state index is 12.3. The lowest BCUT2D eigenvalue weighted by molar-refractivity contribution is -0.121. The molecule has 9 nitrogen and oxygen atoms in total. The zero-order valence-corrected chi connectivity index (χ0v) is 13.8. The molecule has 1 N–H and O–H groups in total. The third-order valence-electron chi connectivity index (χ3n) is 4.35. The summed E-state index contributed by atoms with van der Waals surface area (Å²) in [7, 11) is 2.99. The number of carbonyl (C=O) groups is 1. The first-order chi connectivity index (χ1) is 11.5. The second kappa shape index (κ2) is 6.60. The van der Waals surface area contributed by atoms with Gasteiger partial charge in [-0.2, -0.15) is 0 Å². The highest BCUT2D eigenvalue weighted by Gasteiger charge is 2.17. The van der Waals surface area contributed by atoms with Crippen molar-refractivity contribution in [2.45, 2.75) is 31.9 Å². The van der Waals surface area contributed by atoms with Crippen molar-refractivity contribution >= 4 is 17.1 Å². The van der Waals surface area contributed by atoms with Crippen LogP contribution in [-0.4, -0.2) is 43.8 Å². The lowest BCUT2D eigenvalue weighted by atomic mass is 10.2. The van der Waals surface area contributed by atoms with E-state index in [4.69, 9.17) is 4.74 Å². The van der Waals surface area contributed by atoms with E-state index in [-0.39, 0.29) is 18.4 Å². The predicted octanol–water partition coefficient (Wildman–Crippen LogP) is -0.881. The first-order valence-electron chi connectivity index (χ1n) is 7.98. The van der Waals surface area contributed by atoms with Gasteiger partial charge in [-0.25, -0.2) is 9.78 Å². The molecule has 2 aromatic rings. The molecule has 0 radical (unpaired) electrons. The van der Waals surface area contributed by atoms with Crippen LogP contribution in [0.5, 0.6) is 0 Å². The van der Waals surface area contributed by atoms with Gasteiger partial charge in [0.05, 0.1) is 12.4 Å². The zero-order chi connectivity index (χ0) is 17.3. The molecule has 130 valence electrons. The smallest absolute Gasteiger partial charge is 0.332 e. The van der Waals surface area contributed by atoms with Gasteiger partial charge in [-0.05, 0) is 12.8 Å². The molecule has 0 saturated carbocycles. The molecule has 24 heavy (non-hydrogen) atoms. The molecule has 3 rings (SSSR count). The van der Waals surface area contributed by atoms with Crippen LogP contribution in [0.25, 0.3) is 11.2 Å². The summed E-state index contributed by atoms with van der Waals surface area (Å²) >= 11 is 0. The first-order valence-corrected chi connectivity index (χ1v) is 7.98. The lowest BCUT2D eigenvalue weighted by Crippen LogP contribution is -2.37. The van der Waals surface area contributed by atoms with E-state index in [2.05, 4.69) is 10.3 Å². The molecule has 0 spiro atoms. The molecule has 1 saturated heterocycles. The number of aromatic nitrogens is 4. The van der Waals surface area contributed by atoms with E-state index in [0.717, 1.165) is 24.0 Å². The Morgan fingerprint density at radius 3 is 2.88 bits per heavy atom. The van der Waals surface area contributed by atoms with Crippen molar-refractivity contribution in [2.24, 2.45) is 14.1 Å². The number of hydrogen-bond acceptors (Lipinski definition) is 5. The summed E-state index contributed by atoms with van der Waals surface area (Å²) in [6.45, 7) is 1.59. The van der Waals surface area contributed by atoms with Crippen LogP contribution in [0.1, 0.15) is 19.3 Å². The molecule has 1 amide bonds. The zero-order valence-electron chi connectivity index (χ0n) is 13.8. The van der Waals surface area contributed by atoms with Crippen LogP contribution in [0.15, 0.2) is 15.9 Å². The fourth-order valence-electron chi connectivity index (χ4n) is 2.91. The molecular weight excluding hydrogens is 314 g/mol. The van der Waals surface area contributed by atoms with E-state index < -0.39 is 11.2 Å². The summed E-state index contributed by atoms with van der Waals surface area (Å²) in [5.74, 6) is -0.103. The summed E-state index contributed by atoms with van der Waals surface area (Å²) in [5.41, 5.74) is -0.188. The summed E-state index contributed by atoms with van der Waals surface area (Å²) in [4.78, 5) is 40.3. The monoisotopic (exact) mass is 335 g/mol. The molecule has 1 atom stereocenters. The summed E-state index contributed by atoms with van der Waals surface area (Å²) in [6.07, 6.45) is 3.81. The number of aryl methyl sites for hydroxylation is 2. The molecule has 1 aliphatic rings. The predicted molar refractivity (Wildman–Crippen MR) is 86.8 cm³/mol. The van der Waals surface area contributed by atoms with E-state index in [1.807, 2.05) is 0 Å². The summed E-state index contributed by atoms with van der Waals surface area (Å²) in [5, 5.41) is 2.85. The quantitative estimate of drug-likeness (QED) is 0.765. The Morgan fingerprint density at radius 2 is 2.17 bits per heavy atom. The highest BCUT2D eigenvalue weighted by molar-refractivity contribution is 5.76. The van der Waals surface area contributed by atoms with Crippen LogP contribution in [0, 0.1) is 0 Å². The van der Waals surface area contributed by atoms with Crippen LogP contribution in [0.4, 0.5) is 0 Å². The van der Waals surface area contributed by atoms with Gasteiger partial charge in [-0.1, -0.05) is 0 Å². The van der Waals surface area contributed by atoms with Crippen LogP contribution in [0.3, 0.4) is 0 Å². The Kier molecular flexibility index (Phi) is 4.52. The van der Waals surface area contributed by atoms with Crippen LogP contribution in [-0.2, 0) is 30.2 Å². The lowest BCUT2D eigenvalue weighted by Gasteiger charge is -2.11. The van der Waals surface area contributed by atoms with Gasteiger partial charge in [0.25, 0.3) is 5.56 Å². The van der Waals surface area contributed by atoms with Gasteiger partial charge >= 0.3 is 5.69 Å². The van der Waals surface area contributed by atoms with E-state index in [9.17, 15) is 14.4 Å². The number of hydrogen-bond donors (Lipinski definition) is 1. The molecule has 3 heterocycles. The number of carbonyl (C=O) groups excluding carboxylic acids is 1. The van der Waals surface area contributed by atoms with Gasteiger partial charge in [-0.3, -0.25) is 18.7 Å². The molecule has 2 aromatic heterocycles. The van der Waals surface area contributed by atoms with Crippen molar-refractivity contribution in [3.63, 3.8) is 0 Å². The van der Waals surface area contributed by atoms with Crippen molar-refractivity contribution in [1.82, 2.24) is 24.0 Å². The molecule has 9 heteroatoms. The fraction of sp³-hybridized carbons (Fsp3) is 0.600. The highest BCUT2D eigenvalue weighted by Crippen LogP contribution is 2.10. The number of ether oxygens (including phenoxy) is 1. The maximum atomic E-state index is 12.3. The Morgan fingerprint density at radius 1 is 1.38 bits per heavy atom. The first kappa shape index (κ1) is 16.4. The average molecular weight is 335 g/mol. The molecule has 0 unspecified atom stereocenters. The van der Waals surface area contributed by atoms with Crippen LogP contribution >= 0.6 is 0 Å². The van der Waals surface area contributed by atoms with Crippen LogP contribution < -0.4 is 16.6 Å². The highest BCUT2D eigenvalue weighted by atomic mass is 16.5. The molecule has 1 aliphatic heterocycles. The van der Waals surface area contributed by atoms with Gasteiger partial charge in [-0.15, -0.1) is 0 Å². The van der Waals surface area contributed by atoms with Crippen molar-refractivity contribution in [3.05, 3.63) is 27.2 Å². The van der Waals surface area contributed by atoms with E-state index in [1.54, 1.807) is 11.6 Å². The minimum absolute atomic E-state index is 0.102. The molecule has 0 aromatic carbocycles. The van der Waals surface area contributed by atoms with Gasteiger partial charge in [0.2, 0.25) is 5.91 Å². The Labute approximate surface area is 137 Å². The van der Waals surface area contributed by atoms with Gasteiger partial charge in [0.1, 0.15) is 0 Å². The Bertz CT molecular complexity index is 872. The number of nitrogens with one attached hydrogen (secondary N) is 1. The number of nitrogens with zero attached hydrogens (tertiary/aromatic N) is 4. The minimum Gasteiger partial charge on any atom is -0.376 e. The van der Waals surface area contributed by atoms with E-state index >= 15 is 0 Å². The summed E-state index contributed by atoms with van der Waals surface area (Å²) in [6, 6.07) is 0. The Hall–Kier alpha value is -2.42. The summed E-state index contributed by atoms with van der Waals surface area (Å²) < 4.78 is 9.44. The largest absolute Gasteiger partial charge is 0.376 e. The average Bonchev–Trinajstić information content (AvgIpc) is 3.23. The second-order valence-electron chi connectivity index (χ2n) is 6.01. The molecule has 0 bridgehead atoms. The molecule has 0 aliphatic carbocycles. The molecule has 1 fully saturated rings. The standard InChI is InChI=1S/C15H21N5O4/c1-18-13-12(14(22)19(2)15(18)23)20(9-17-13)6-5-11(21)16-8-10-4-3-7-24-10/h9-10H,3-8H2,1-2H3,(H,16,21)/t10-/m0/s1. The van der Waals surface area contributed by atoms with E-state index in [1.165, 1.54) is 17.9 Å². The second-order valence-corrected chi connectivity index (χ2v) is 6.01. The van der Waals surface area contributed by atoms with Gasteiger partial charge < -0.3 is 14.6 Å². The van der Waals surface area contributed by atoms with Gasteiger partial charge in [0.15, 0.2) is 11.2 Å². The number of fused-ring (bicyclic) bond motifs is 1. The van der Waals surface area contributed by atoms with Gasteiger partial charge in [0, 0.05) is 40.2 Å². The number of rotatable bonds is 5. The topological polar surface area (TPSA) is 100 Å². The number of imidazole rings is 1. The van der Waals surface area contributed by atoms with E-state index in [0.29, 0.717) is 24.3 Å². The Balaban J connectivity index is 1.70. The van der Waals surface area contributed by atoms with Crippen molar-refractivity contribution < 1.29 is 9.53 Å². The fourth-order valence-corrected chi connectivity index (χ4v) is 2.91. The molecular formula is C15H21N5O4. The third kappa shape index (κ3) is 2.99. The SMILES string of the molecule is Cn1c(=O)c2c(ncn2CCC(=O)NC[C@@H]2CCCO2)n(C)c1=O. The number of amides is 1. The maximum Gasteiger partial charge on any atom is 0.332 e. The van der Waals surface area contributed by atoms with Crippen molar-refractivity contribution in [1.29, 1.82) is 0 Å². The third-order valence-corrected chi connectivity index (χ3v) is 4.35. The van der Waals surface area contributed by atoms with Crippen LogP contribution in [0.2, 0.25) is 0 Å².